The third-order valence-corrected chi connectivity index (χ3v) is 3.47. The molecule has 0 aliphatic carbocycles. The second-order valence-electron chi connectivity index (χ2n) is 5.52. The second-order valence-corrected chi connectivity index (χ2v) is 5.52. The molecule has 0 heterocycles. The Hall–Kier alpha value is -2.67. The van der Waals surface area contributed by atoms with E-state index in [1.807, 2.05) is 0 Å². The van der Waals surface area contributed by atoms with Gasteiger partial charge in [-0.1, -0.05) is 48.5 Å². The number of rotatable bonds is 8. The lowest BCUT2D eigenvalue weighted by molar-refractivity contribution is -0.173. The number of benzene rings is 2. The highest BCUT2D eigenvalue weighted by Crippen LogP contribution is 2.15. The zero-order chi connectivity index (χ0) is 19.0. The van der Waals surface area contributed by atoms with E-state index in [0.29, 0.717) is 5.56 Å². The average Bonchev–Trinajstić information content (AvgIpc) is 2.63. The molecule has 0 unspecified atom stereocenters. The summed E-state index contributed by atoms with van der Waals surface area (Å²) in [4.78, 5) is 24.9. The normalized spacial score (nSPS) is 11.2. The predicted molar refractivity (Wildman–Crippen MR) is 90.1 cm³/mol. The molecule has 0 fully saturated rings. The largest absolute Gasteiger partial charge is 0.411 e. The molecule has 0 spiro atoms. The van der Waals surface area contributed by atoms with Gasteiger partial charge < -0.3 is 10.1 Å². The Bertz CT molecular complexity index is 745. The standard InChI is InChI=1S/C19H18F3NO3/c20-19(21,22)13-26-12-6-11-23-18(25)16-10-5-4-9-15(16)17(24)14-7-2-1-3-8-14/h1-5,7-10H,6,11-13H2,(H,23,25). The van der Waals surface area contributed by atoms with Gasteiger partial charge in [-0.25, -0.2) is 0 Å². The first kappa shape index (κ1) is 19.7. The number of carbonyl (C=O) groups is 2. The summed E-state index contributed by atoms with van der Waals surface area (Å²) in [5.74, 6) is -0.731. The second kappa shape index (κ2) is 9.15. The van der Waals surface area contributed by atoms with Gasteiger partial charge in [0, 0.05) is 24.3 Å². The summed E-state index contributed by atoms with van der Waals surface area (Å²) in [5.41, 5.74) is 0.954. The molecule has 0 bridgehead atoms. The van der Waals surface area contributed by atoms with E-state index in [9.17, 15) is 22.8 Å². The summed E-state index contributed by atoms with van der Waals surface area (Å²) in [6.45, 7) is -1.29. The smallest absolute Gasteiger partial charge is 0.372 e. The molecule has 7 heteroatoms. The molecule has 0 aliphatic heterocycles. The molecule has 1 amide bonds. The van der Waals surface area contributed by atoms with Crippen LogP contribution in [0.5, 0.6) is 0 Å². The van der Waals surface area contributed by atoms with Gasteiger partial charge in [0.2, 0.25) is 0 Å². The molecule has 0 radical (unpaired) electrons. The fourth-order valence-corrected chi connectivity index (χ4v) is 2.28. The number of amides is 1. The maximum Gasteiger partial charge on any atom is 0.411 e. The van der Waals surface area contributed by atoms with Gasteiger partial charge in [0.25, 0.3) is 5.91 Å². The molecule has 2 aromatic carbocycles. The number of carbonyl (C=O) groups excluding carboxylic acids is 2. The van der Waals surface area contributed by atoms with Gasteiger partial charge in [0.1, 0.15) is 6.61 Å². The first-order chi connectivity index (χ1) is 12.4. The average molecular weight is 365 g/mol. The Morgan fingerprint density at radius 2 is 1.54 bits per heavy atom. The minimum absolute atomic E-state index is 0.121. The van der Waals surface area contributed by atoms with E-state index in [1.165, 1.54) is 6.07 Å². The number of hydrogen-bond donors (Lipinski definition) is 1. The fraction of sp³-hybridized carbons (Fsp3) is 0.263. The fourth-order valence-electron chi connectivity index (χ4n) is 2.28. The van der Waals surface area contributed by atoms with Crippen LogP contribution in [0.15, 0.2) is 54.6 Å². The highest BCUT2D eigenvalue weighted by atomic mass is 19.4. The number of halogens is 3. The van der Waals surface area contributed by atoms with Gasteiger partial charge in [0.15, 0.2) is 5.78 Å². The molecule has 0 aromatic heterocycles. The third-order valence-electron chi connectivity index (χ3n) is 3.47. The van der Waals surface area contributed by atoms with Gasteiger partial charge in [-0.3, -0.25) is 9.59 Å². The summed E-state index contributed by atoms with van der Waals surface area (Å²) in [6, 6.07) is 15.0. The van der Waals surface area contributed by atoms with Crippen LogP contribution < -0.4 is 5.32 Å². The molecule has 0 saturated heterocycles. The monoisotopic (exact) mass is 365 g/mol. The van der Waals surface area contributed by atoms with Gasteiger partial charge in [-0.05, 0) is 12.5 Å². The van der Waals surface area contributed by atoms with Crippen LogP contribution in [0, 0.1) is 0 Å². The van der Waals surface area contributed by atoms with Crippen LogP contribution in [0.1, 0.15) is 32.7 Å². The van der Waals surface area contributed by atoms with E-state index in [0.717, 1.165) is 0 Å². The van der Waals surface area contributed by atoms with E-state index in [1.54, 1.807) is 48.5 Å². The predicted octanol–water partition coefficient (Wildman–Crippen LogP) is 3.62. The summed E-state index contributed by atoms with van der Waals surface area (Å²) in [7, 11) is 0. The van der Waals surface area contributed by atoms with Crippen molar-refractivity contribution in [2.75, 3.05) is 19.8 Å². The van der Waals surface area contributed by atoms with E-state index in [4.69, 9.17) is 0 Å². The Balaban J connectivity index is 1.92. The summed E-state index contributed by atoms with van der Waals surface area (Å²) < 4.78 is 40.3. The van der Waals surface area contributed by atoms with Gasteiger partial charge in [-0.2, -0.15) is 13.2 Å². The van der Waals surface area contributed by atoms with Crippen molar-refractivity contribution in [1.29, 1.82) is 0 Å². The van der Waals surface area contributed by atoms with Crippen LogP contribution >= 0.6 is 0 Å². The maximum atomic E-state index is 12.6. The van der Waals surface area contributed by atoms with Gasteiger partial charge in [0.05, 0.1) is 5.56 Å². The first-order valence-electron chi connectivity index (χ1n) is 8.00. The van der Waals surface area contributed by atoms with Crippen molar-refractivity contribution in [2.45, 2.75) is 12.6 Å². The number of hydrogen-bond acceptors (Lipinski definition) is 3. The summed E-state index contributed by atoms with van der Waals surface area (Å²) in [6.07, 6.45) is -4.13. The summed E-state index contributed by atoms with van der Waals surface area (Å²) in [5, 5.41) is 2.59. The molecule has 138 valence electrons. The van der Waals surface area contributed by atoms with Crippen molar-refractivity contribution in [3.05, 3.63) is 71.3 Å². The molecule has 1 N–H and O–H groups in total. The lowest BCUT2D eigenvalue weighted by Crippen LogP contribution is -2.27. The Morgan fingerprint density at radius 1 is 0.923 bits per heavy atom. The number of alkyl halides is 3. The van der Waals surface area contributed by atoms with Crippen molar-refractivity contribution in [3.63, 3.8) is 0 Å². The minimum Gasteiger partial charge on any atom is -0.372 e. The molecular weight excluding hydrogens is 347 g/mol. The number of nitrogens with one attached hydrogen (secondary N) is 1. The minimum atomic E-state index is -4.36. The zero-order valence-electron chi connectivity index (χ0n) is 13.9. The SMILES string of the molecule is O=C(NCCCOCC(F)(F)F)c1ccccc1C(=O)c1ccccc1. The van der Waals surface area contributed by atoms with Crippen LogP contribution in [0.2, 0.25) is 0 Å². The summed E-state index contributed by atoms with van der Waals surface area (Å²) >= 11 is 0. The van der Waals surface area contributed by atoms with Crippen LogP contribution in [0.25, 0.3) is 0 Å². The molecule has 0 atom stereocenters. The molecule has 2 aromatic rings. The van der Waals surface area contributed by atoms with Crippen molar-refractivity contribution in [2.24, 2.45) is 0 Å². The molecule has 0 aliphatic rings. The van der Waals surface area contributed by atoms with Crippen molar-refractivity contribution in [3.8, 4) is 0 Å². The third kappa shape index (κ3) is 6.00. The Labute approximate surface area is 149 Å². The number of ether oxygens (including phenoxy) is 1. The van der Waals surface area contributed by atoms with E-state index < -0.39 is 18.7 Å². The Morgan fingerprint density at radius 3 is 2.19 bits per heavy atom. The lowest BCUT2D eigenvalue weighted by Gasteiger charge is -2.10. The van der Waals surface area contributed by atoms with E-state index in [-0.39, 0.29) is 36.5 Å². The zero-order valence-corrected chi connectivity index (χ0v) is 13.9. The molecule has 26 heavy (non-hydrogen) atoms. The first-order valence-corrected chi connectivity index (χ1v) is 8.00. The van der Waals surface area contributed by atoms with Crippen molar-refractivity contribution < 1.29 is 27.5 Å². The van der Waals surface area contributed by atoms with Crippen LogP contribution in [0.3, 0.4) is 0 Å². The van der Waals surface area contributed by atoms with Crippen LogP contribution in [-0.2, 0) is 4.74 Å². The molecular formula is C19H18F3NO3. The van der Waals surface area contributed by atoms with Gasteiger partial charge in [-0.15, -0.1) is 0 Å². The molecule has 0 saturated carbocycles. The topological polar surface area (TPSA) is 55.4 Å². The van der Waals surface area contributed by atoms with E-state index in [2.05, 4.69) is 10.1 Å². The highest BCUT2D eigenvalue weighted by molar-refractivity contribution is 6.15. The lowest BCUT2D eigenvalue weighted by atomic mass is 9.98. The highest BCUT2D eigenvalue weighted by Gasteiger charge is 2.27. The van der Waals surface area contributed by atoms with E-state index >= 15 is 0 Å². The van der Waals surface area contributed by atoms with Crippen molar-refractivity contribution in [1.82, 2.24) is 5.32 Å². The van der Waals surface area contributed by atoms with Crippen LogP contribution in [-0.4, -0.2) is 37.6 Å². The maximum absolute atomic E-state index is 12.6. The van der Waals surface area contributed by atoms with Crippen molar-refractivity contribution >= 4 is 11.7 Å². The Kier molecular flexibility index (Phi) is 6.91. The quantitative estimate of drug-likeness (QED) is 0.574. The van der Waals surface area contributed by atoms with Crippen LogP contribution in [0.4, 0.5) is 13.2 Å². The van der Waals surface area contributed by atoms with Gasteiger partial charge >= 0.3 is 6.18 Å². The molecule has 4 nitrogen and oxygen atoms in total. The number of ketones is 1. The molecule has 2 rings (SSSR count).